The number of benzene rings is 1. The molecule has 1 aromatic carbocycles. The fourth-order valence-electron chi connectivity index (χ4n) is 1.17. The highest BCUT2D eigenvalue weighted by atomic mass is 31.2. The van der Waals surface area contributed by atoms with Gasteiger partial charge >= 0.3 is 5.97 Å². The van der Waals surface area contributed by atoms with Gasteiger partial charge in [0.1, 0.15) is 5.75 Å². The lowest BCUT2D eigenvalue weighted by atomic mass is 10.3. The molecule has 0 aliphatic carbocycles. The molecule has 0 fully saturated rings. The van der Waals surface area contributed by atoms with Gasteiger partial charge in [0.2, 0.25) is 0 Å². The van der Waals surface area contributed by atoms with Gasteiger partial charge < -0.3 is 9.26 Å². The van der Waals surface area contributed by atoms with Crippen molar-refractivity contribution < 1.29 is 14.1 Å². The van der Waals surface area contributed by atoms with E-state index in [1.807, 2.05) is 30.3 Å². The van der Waals surface area contributed by atoms with E-state index in [9.17, 15) is 4.79 Å². The summed E-state index contributed by atoms with van der Waals surface area (Å²) < 4.78 is 23.4. The fourth-order valence-corrected chi connectivity index (χ4v) is 5.22. The van der Waals surface area contributed by atoms with Crippen molar-refractivity contribution in [3.63, 3.8) is 0 Å². The van der Waals surface area contributed by atoms with Crippen molar-refractivity contribution in [2.24, 2.45) is 13.5 Å². The van der Waals surface area contributed by atoms with Crippen molar-refractivity contribution in [3.8, 4) is 5.75 Å². The van der Waals surface area contributed by atoms with Crippen LogP contribution in [0.15, 0.2) is 56.5 Å². The van der Waals surface area contributed by atoms with Crippen LogP contribution in [-0.4, -0.2) is 12.3 Å². The highest BCUT2D eigenvalue weighted by molar-refractivity contribution is 7.69. The summed E-state index contributed by atoms with van der Waals surface area (Å²) in [5, 5.41) is 0. The summed E-state index contributed by atoms with van der Waals surface area (Å²) in [6.45, 7) is 3.34. The quantitative estimate of drug-likeness (QED) is 0.441. The lowest BCUT2D eigenvalue weighted by Gasteiger charge is -2.19. The molecule has 0 bridgehead atoms. The summed E-state index contributed by atoms with van der Waals surface area (Å²) in [5.74, 6) is 0.127. The van der Waals surface area contributed by atoms with Gasteiger partial charge in [-0.2, -0.15) is 13.5 Å². The van der Waals surface area contributed by atoms with Crippen molar-refractivity contribution >= 4 is 30.4 Å². The fraction of sp³-hybridized carbons (Fsp3) is 0.100. The van der Waals surface area contributed by atoms with E-state index in [2.05, 4.69) is 20.1 Å². The average molecular weight is 313 g/mol. The van der Waals surface area contributed by atoms with E-state index < -0.39 is 13.4 Å². The SMILES string of the molecule is C=CC(=O)OCP1(Oc2ccccc2)=NP=NP=N1. The highest BCUT2D eigenvalue weighted by Gasteiger charge is 2.25. The lowest BCUT2D eigenvalue weighted by molar-refractivity contribution is -0.135. The lowest BCUT2D eigenvalue weighted by Crippen LogP contribution is -2.05. The molecule has 1 heterocycles. The third kappa shape index (κ3) is 4.07. The van der Waals surface area contributed by atoms with Crippen LogP contribution in [0.4, 0.5) is 0 Å². The molecule has 1 unspecified atom stereocenters. The monoisotopic (exact) mass is 313 g/mol. The Morgan fingerprint density at radius 1 is 1.37 bits per heavy atom. The van der Waals surface area contributed by atoms with Gasteiger partial charge in [-0.25, -0.2) is 4.79 Å². The number of esters is 1. The Bertz CT molecular complexity index is 586. The number of hydrogen-bond donors (Lipinski definition) is 0. The molecule has 98 valence electrons. The van der Waals surface area contributed by atoms with E-state index in [0.29, 0.717) is 22.8 Å². The smallest absolute Gasteiger partial charge is 0.330 e. The molecule has 6 nitrogen and oxygen atoms in total. The van der Waals surface area contributed by atoms with Gasteiger partial charge in [0.15, 0.2) is 23.4 Å². The standard InChI is InChI=1S/C10H10N3O3P3/c1-2-10(14)15-8-19(12-17-11-18-13-19)16-9-6-4-3-5-7-9/h2-7H,1,8H2. The number of carbonyl (C=O) groups is 1. The first kappa shape index (κ1) is 14.1. The molecule has 0 spiro atoms. The Labute approximate surface area is 113 Å². The maximum absolute atomic E-state index is 11.2. The van der Waals surface area contributed by atoms with Crippen LogP contribution in [0, 0.1) is 0 Å². The van der Waals surface area contributed by atoms with Crippen LogP contribution in [0.2, 0.25) is 0 Å². The summed E-state index contributed by atoms with van der Waals surface area (Å²) in [6, 6.07) is 9.21. The molecule has 0 radical (unpaired) electrons. The first-order chi connectivity index (χ1) is 9.24. The van der Waals surface area contributed by atoms with Crippen LogP contribution in [0.1, 0.15) is 0 Å². The largest absolute Gasteiger partial charge is 0.451 e. The summed E-state index contributed by atoms with van der Waals surface area (Å²) in [6.07, 6.45) is 1.10. The molecule has 2 rings (SSSR count). The minimum absolute atomic E-state index is 0.00225. The zero-order valence-electron chi connectivity index (χ0n) is 9.79. The maximum Gasteiger partial charge on any atom is 0.330 e. The number of carbonyl (C=O) groups excluding carboxylic acids is 1. The van der Waals surface area contributed by atoms with Crippen molar-refractivity contribution in [2.75, 3.05) is 6.35 Å². The Hall–Kier alpha value is -1.34. The maximum atomic E-state index is 11.2. The van der Waals surface area contributed by atoms with Crippen molar-refractivity contribution in [1.82, 2.24) is 0 Å². The van der Waals surface area contributed by atoms with E-state index in [4.69, 9.17) is 9.26 Å². The van der Waals surface area contributed by atoms with Gasteiger partial charge in [0, 0.05) is 6.08 Å². The van der Waals surface area contributed by atoms with Gasteiger partial charge in [-0.3, -0.25) is 0 Å². The predicted molar refractivity (Wildman–Crippen MR) is 76.3 cm³/mol. The second kappa shape index (κ2) is 6.72. The molecule has 19 heavy (non-hydrogen) atoms. The molecule has 0 amide bonds. The molecule has 1 aliphatic heterocycles. The van der Waals surface area contributed by atoms with E-state index >= 15 is 0 Å². The molecule has 1 aromatic rings. The molecule has 0 saturated carbocycles. The van der Waals surface area contributed by atoms with Gasteiger partial charge in [-0.05, 0) is 12.1 Å². The molecule has 9 heteroatoms. The third-order valence-corrected chi connectivity index (χ3v) is 6.46. The van der Waals surface area contributed by atoms with Crippen LogP contribution in [-0.2, 0) is 9.53 Å². The molecule has 0 N–H and O–H groups in total. The second-order valence-corrected chi connectivity index (χ2v) is 7.59. The highest BCUT2D eigenvalue weighted by Crippen LogP contribution is 2.58. The summed E-state index contributed by atoms with van der Waals surface area (Å²) in [4.78, 5) is 11.2. The zero-order chi connectivity index (χ0) is 13.6. The van der Waals surface area contributed by atoms with Gasteiger partial charge in [-0.1, -0.05) is 24.8 Å². The summed E-state index contributed by atoms with van der Waals surface area (Å²) in [5.41, 5.74) is 0. The van der Waals surface area contributed by atoms with E-state index in [1.54, 1.807) is 0 Å². The number of hydrogen-bond acceptors (Lipinski definition) is 6. The molecule has 0 aromatic heterocycles. The van der Waals surface area contributed by atoms with Crippen LogP contribution < -0.4 is 4.52 Å². The molecule has 1 aliphatic rings. The minimum Gasteiger partial charge on any atom is -0.451 e. The summed E-state index contributed by atoms with van der Waals surface area (Å²) >= 11 is 0. The Morgan fingerprint density at radius 3 is 2.79 bits per heavy atom. The van der Waals surface area contributed by atoms with Crippen LogP contribution >= 0.6 is 24.5 Å². The number of rotatable bonds is 5. The number of para-hydroxylation sites is 1. The molecule has 1 atom stereocenters. The summed E-state index contributed by atoms with van der Waals surface area (Å²) in [7, 11) is -1.45. The van der Waals surface area contributed by atoms with Crippen molar-refractivity contribution in [3.05, 3.63) is 43.0 Å². The van der Waals surface area contributed by atoms with E-state index in [-0.39, 0.29) is 6.35 Å². The van der Waals surface area contributed by atoms with Crippen LogP contribution in [0.5, 0.6) is 5.75 Å². The van der Waals surface area contributed by atoms with E-state index in [0.717, 1.165) is 6.08 Å². The van der Waals surface area contributed by atoms with Gasteiger partial charge in [0.05, 0.1) is 0 Å². The number of nitrogens with zero attached hydrogens (tertiary/aromatic N) is 3. The topological polar surface area (TPSA) is 72.6 Å². The molecular formula is C10H10N3O3P3. The predicted octanol–water partition coefficient (Wildman–Crippen LogP) is 4.89. The Morgan fingerprint density at radius 2 is 2.16 bits per heavy atom. The minimum atomic E-state index is -2.54. The van der Waals surface area contributed by atoms with Crippen LogP contribution in [0.3, 0.4) is 0 Å². The van der Waals surface area contributed by atoms with Gasteiger partial charge in [0.25, 0.3) is 7.43 Å². The van der Waals surface area contributed by atoms with E-state index in [1.165, 1.54) is 0 Å². The number of ether oxygens (including phenoxy) is 1. The zero-order valence-corrected chi connectivity index (χ0v) is 12.5. The van der Waals surface area contributed by atoms with Gasteiger partial charge in [-0.15, -0.1) is 0 Å². The Kier molecular flexibility index (Phi) is 4.98. The Balaban J connectivity index is 2.19. The normalized spacial score (nSPS) is 22.1. The average Bonchev–Trinajstić information content (AvgIpc) is 2.47. The molecule has 0 saturated heterocycles. The van der Waals surface area contributed by atoms with Crippen molar-refractivity contribution in [2.45, 2.75) is 0 Å². The first-order valence-electron chi connectivity index (χ1n) is 5.21. The second-order valence-electron chi connectivity index (χ2n) is 3.31. The van der Waals surface area contributed by atoms with Crippen molar-refractivity contribution in [1.29, 1.82) is 0 Å². The third-order valence-electron chi connectivity index (χ3n) is 1.98. The molecular weight excluding hydrogens is 303 g/mol. The first-order valence-corrected chi connectivity index (χ1v) is 8.61. The van der Waals surface area contributed by atoms with Crippen LogP contribution in [0.25, 0.3) is 0 Å².